The van der Waals surface area contributed by atoms with Gasteiger partial charge in [0, 0.05) is 31.9 Å². The third kappa shape index (κ3) is 8.99. The molecule has 0 aliphatic rings. The summed E-state index contributed by atoms with van der Waals surface area (Å²) in [6.45, 7) is 8.16. The Hall–Kier alpha value is -1.87. The molecule has 164 valence electrons. The predicted octanol–water partition coefficient (Wildman–Crippen LogP) is 4.09. The van der Waals surface area contributed by atoms with Crippen molar-refractivity contribution in [1.29, 1.82) is 0 Å². The van der Waals surface area contributed by atoms with Crippen LogP contribution < -0.4 is 9.47 Å². The van der Waals surface area contributed by atoms with Gasteiger partial charge in [0.2, 0.25) is 0 Å². The molecule has 0 N–H and O–H groups in total. The molecule has 0 unspecified atom stereocenters. The Morgan fingerprint density at radius 3 is 2.17 bits per heavy atom. The van der Waals surface area contributed by atoms with Crippen molar-refractivity contribution in [3.63, 3.8) is 0 Å². The summed E-state index contributed by atoms with van der Waals surface area (Å²) < 4.78 is 33.5. The molecule has 0 radical (unpaired) electrons. The van der Waals surface area contributed by atoms with Gasteiger partial charge in [-0.25, -0.2) is 4.79 Å². The Labute approximate surface area is 175 Å². The van der Waals surface area contributed by atoms with Crippen molar-refractivity contribution in [2.45, 2.75) is 39.7 Å². The fourth-order valence-electron chi connectivity index (χ4n) is 2.77. The molecule has 29 heavy (non-hydrogen) atoms. The van der Waals surface area contributed by atoms with Gasteiger partial charge >= 0.3 is 14.8 Å². The minimum Gasteiger partial charge on any atom is -0.493 e. The van der Waals surface area contributed by atoms with Gasteiger partial charge in [-0.15, -0.1) is 0 Å². The number of carbonyl (C=O) groups is 1. The van der Waals surface area contributed by atoms with E-state index < -0.39 is 14.8 Å². The van der Waals surface area contributed by atoms with E-state index in [9.17, 15) is 4.79 Å². The minimum atomic E-state index is -2.60. The molecule has 0 atom stereocenters. The zero-order chi connectivity index (χ0) is 21.5. The Bertz CT molecular complexity index is 616. The Kier molecular flexibility index (Phi) is 12.3. The number of hydrogen-bond acceptors (Lipinski definition) is 7. The molecule has 0 saturated heterocycles. The number of unbranched alkanes of at least 4 members (excludes halogenated alkanes) is 1. The molecule has 0 saturated carbocycles. The van der Waals surface area contributed by atoms with E-state index in [-0.39, 0.29) is 0 Å². The van der Waals surface area contributed by atoms with E-state index in [0.717, 1.165) is 24.4 Å². The Balaban J connectivity index is 2.58. The smallest absolute Gasteiger partial charge is 0.493 e. The number of esters is 1. The van der Waals surface area contributed by atoms with Crippen molar-refractivity contribution in [2.75, 3.05) is 40.6 Å². The zero-order valence-corrected chi connectivity index (χ0v) is 19.2. The fourth-order valence-corrected chi connectivity index (χ4v) is 5.45. The molecule has 0 heterocycles. The highest BCUT2D eigenvalue weighted by atomic mass is 28.4. The monoisotopic (exact) mass is 426 g/mol. The molecule has 0 bridgehead atoms. The molecule has 0 amide bonds. The van der Waals surface area contributed by atoms with Crippen LogP contribution in [0.5, 0.6) is 11.5 Å². The van der Waals surface area contributed by atoms with E-state index in [1.807, 2.05) is 39.0 Å². The van der Waals surface area contributed by atoms with Crippen LogP contribution in [0.4, 0.5) is 0 Å². The van der Waals surface area contributed by atoms with E-state index in [4.69, 9.17) is 22.8 Å². The summed E-state index contributed by atoms with van der Waals surface area (Å²) in [4.78, 5) is 11.2. The van der Waals surface area contributed by atoms with Gasteiger partial charge in [0.25, 0.3) is 0 Å². The Morgan fingerprint density at radius 2 is 1.62 bits per heavy atom. The number of ether oxygens (including phenoxy) is 3. The molecule has 8 heteroatoms. The van der Waals surface area contributed by atoms with Gasteiger partial charge in [0.1, 0.15) is 0 Å². The second-order valence-corrected chi connectivity index (χ2v) is 8.79. The average Bonchev–Trinajstić information content (AvgIpc) is 2.72. The number of carbonyl (C=O) groups excluding carboxylic acids is 1. The van der Waals surface area contributed by atoms with Crippen LogP contribution in [0.15, 0.2) is 24.3 Å². The molecular weight excluding hydrogens is 392 g/mol. The van der Waals surface area contributed by atoms with Crippen LogP contribution in [0.25, 0.3) is 6.08 Å². The molecular formula is C21H34O7Si. The van der Waals surface area contributed by atoms with E-state index in [0.29, 0.717) is 37.9 Å². The molecule has 0 aliphatic heterocycles. The van der Waals surface area contributed by atoms with Crippen molar-refractivity contribution >= 4 is 20.8 Å². The number of methoxy groups -OCH3 is 2. The normalized spacial score (nSPS) is 11.6. The quantitative estimate of drug-likeness (QED) is 0.181. The highest BCUT2D eigenvalue weighted by Gasteiger charge is 2.39. The number of rotatable bonds is 15. The van der Waals surface area contributed by atoms with Crippen LogP contribution in [0.2, 0.25) is 6.04 Å². The maximum absolute atomic E-state index is 11.2. The van der Waals surface area contributed by atoms with Crippen LogP contribution in [0.1, 0.15) is 39.2 Å². The number of benzene rings is 1. The predicted molar refractivity (Wildman–Crippen MR) is 114 cm³/mol. The molecule has 0 fully saturated rings. The molecule has 0 spiro atoms. The molecule has 1 aromatic carbocycles. The van der Waals surface area contributed by atoms with Crippen molar-refractivity contribution in [3.8, 4) is 11.5 Å². The molecule has 1 aromatic rings. The summed E-state index contributed by atoms with van der Waals surface area (Å²) in [5.41, 5.74) is 0.820. The second-order valence-electron chi connectivity index (χ2n) is 6.05. The third-order valence-electron chi connectivity index (χ3n) is 4.03. The SMILES string of the molecule is CCO[Si](CCCCOc1ccc(C=CC(=O)OC)cc1OC)(OCC)OCC. The lowest BCUT2D eigenvalue weighted by atomic mass is 10.2. The van der Waals surface area contributed by atoms with Crippen LogP contribution in [0.3, 0.4) is 0 Å². The molecule has 0 aromatic heterocycles. The third-order valence-corrected chi connectivity index (χ3v) is 7.18. The van der Waals surface area contributed by atoms with Crippen LogP contribution in [-0.2, 0) is 22.8 Å². The van der Waals surface area contributed by atoms with Crippen molar-refractivity contribution < 1.29 is 32.3 Å². The summed E-state index contributed by atoms with van der Waals surface area (Å²) in [6, 6.07) is 6.26. The van der Waals surface area contributed by atoms with Gasteiger partial charge in [-0.05, 0) is 57.4 Å². The van der Waals surface area contributed by atoms with E-state index in [1.165, 1.54) is 13.2 Å². The largest absolute Gasteiger partial charge is 0.500 e. The summed E-state index contributed by atoms with van der Waals surface area (Å²) in [7, 11) is 0.329. The standard InChI is InChI=1S/C21H34O7Si/c1-6-26-29(27-7-2,28-8-3)16-10-9-15-25-19-13-11-18(17-20(19)23-4)12-14-21(22)24-5/h11-14,17H,6-10,15-16H2,1-5H3. The molecule has 0 aliphatic carbocycles. The number of hydrogen-bond donors (Lipinski definition) is 0. The molecule has 1 rings (SSSR count). The Morgan fingerprint density at radius 1 is 0.966 bits per heavy atom. The lowest BCUT2D eigenvalue weighted by molar-refractivity contribution is -0.134. The first kappa shape index (κ1) is 25.2. The lowest BCUT2D eigenvalue weighted by Gasteiger charge is -2.28. The lowest BCUT2D eigenvalue weighted by Crippen LogP contribution is -2.45. The van der Waals surface area contributed by atoms with Gasteiger partial charge in [0.15, 0.2) is 11.5 Å². The highest BCUT2D eigenvalue weighted by Crippen LogP contribution is 2.29. The van der Waals surface area contributed by atoms with Crippen molar-refractivity contribution in [3.05, 3.63) is 29.8 Å². The van der Waals surface area contributed by atoms with Gasteiger partial charge in [-0.1, -0.05) is 6.07 Å². The van der Waals surface area contributed by atoms with Gasteiger partial charge < -0.3 is 27.5 Å². The average molecular weight is 427 g/mol. The van der Waals surface area contributed by atoms with Crippen LogP contribution in [-0.4, -0.2) is 55.4 Å². The summed E-state index contributed by atoms with van der Waals surface area (Å²) in [6.07, 6.45) is 4.75. The minimum absolute atomic E-state index is 0.407. The second kappa shape index (κ2) is 14.2. The van der Waals surface area contributed by atoms with Crippen molar-refractivity contribution in [1.82, 2.24) is 0 Å². The van der Waals surface area contributed by atoms with Gasteiger partial charge in [0.05, 0.1) is 20.8 Å². The topological polar surface area (TPSA) is 72.5 Å². The summed E-state index contributed by atoms with van der Waals surface area (Å²) in [5, 5.41) is 0. The van der Waals surface area contributed by atoms with Gasteiger partial charge in [-0.2, -0.15) is 0 Å². The maximum Gasteiger partial charge on any atom is 0.500 e. The molecule has 7 nitrogen and oxygen atoms in total. The first-order valence-corrected chi connectivity index (χ1v) is 12.0. The van der Waals surface area contributed by atoms with Crippen molar-refractivity contribution in [2.24, 2.45) is 0 Å². The van der Waals surface area contributed by atoms with E-state index in [1.54, 1.807) is 13.2 Å². The first-order chi connectivity index (χ1) is 14.0. The van der Waals surface area contributed by atoms with Crippen LogP contribution in [0, 0.1) is 0 Å². The van der Waals surface area contributed by atoms with Gasteiger partial charge in [-0.3, -0.25) is 0 Å². The van der Waals surface area contributed by atoms with Crippen LogP contribution >= 0.6 is 0 Å². The fraction of sp³-hybridized carbons (Fsp3) is 0.571. The highest BCUT2D eigenvalue weighted by molar-refractivity contribution is 6.60. The summed E-state index contributed by atoms with van der Waals surface area (Å²) >= 11 is 0. The maximum atomic E-state index is 11.2. The zero-order valence-electron chi connectivity index (χ0n) is 18.2. The summed E-state index contributed by atoms with van der Waals surface area (Å²) in [5.74, 6) is 0.861. The van der Waals surface area contributed by atoms with E-state index in [2.05, 4.69) is 4.74 Å². The first-order valence-electron chi connectivity index (χ1n) is 10.0. The van der Waals surface area contributed by atoms with E-state index >= 15 is 0 Å².